The third kappa shape index (κ3) is 4.38. The number of carbonyl (C=O) groups excluding carboxylic acids is 1. The maximum atomic E-state index is 11.2. The van der Waals surface area contributed by atoms with Gasteiger partial charge in [0.25, 0.3) is 5.69 Å². The topological polar surface area (TPSA) is 105 Å². The smallest absolute Gasteiger partial charge is 0.326 e. The zero-order valence-electron chi connectivity index (χ0n) is 10.2. The molecule has 1 atom stereocenters. The number of halogens is 1. The summed E-state index contributed by atoms with van der Waals surface area (Å²) in [4.78, 5) is 21.2. The molecule has 8 heteroatoms. The molecule has 7 nitrogen and oxygen atoms in total. The average Bonchev–Trinajstić information content (AvgIpc) is 2.36. The number of carbonyl (C=O) groups is 1. The normalized spacial score (nSPS) is 11.7. The van der Waals surface area contributed by atoms with Crippen molar-refractivity contribution in [3.63, 3.8) is 0 Å². The predicted molar refractivity (Wildman–Crippen MR) is 68.2 cm³/mol. The zero-order valence-corrected chi connectivity index (χ0v) is 10.9. The summed E-state index contributed by atoms with van der Waals surface area (Å²) in [6.45, 7) is 1.76. The maximum absolute atomic E-state index is 11.2. The van der Waals surface area contributed by atoms with Crippen LogP contribution in [0.2, 0.25) is 5.02 Å². The van der Waals surface area contributed by atoms with Gasteiger partial charge in [-0.2, -0.15) is 0 Å². The van der Waals surface area contributed by atoms with Crippen LogP contribution in [-0.4, -0.2) is 30.1 Å². The molecule has 0 saturated carbocycles. The lowest BCUT2D eigenvalue weighted by atomic mass is 10.3. The van der Waals surface area contributed by atoms with Crippen LogP contribution in [0.15, 0.2) is 18.2 Å². The number of hydrogen-bond donors (Lipinski definition) is 1. The van der Waals surface area contributed by atoms with Crippen molar-refractivity contribution >= 4 is 23.3 Å². The molecule has 1 aromatic carbocycles. The van der Waals surface area contributed by atoms with Gasteiger partial charge < -0.3 is 15.2 Å². The number of rotatable bonds is 6. The average molecular weight is 289 g/mol. The van der Waals surface area contributed by atoms with Crippen molar-refractivity contribution in [2.75, 3.05) is 13.2 Å². The van der Waals surface area contributed by atoms with Crippen molar-refractivity contribution in [3.8, 4) is 5.75 Å². The first kappa shape index (κ1) is 15.2. The van der Waals surface area contributed by atoms with Crippen LogP contribution in [0.3, 0.4) is 0 Å². The molecule has 0 aliphatic rings. The zero-order chi connectivity index (χ0) is 14.4. The summed E-state index contributed by atoms with van der Waals surface area (Å²) in [6, 6.07) is 2.81. The van der Waals surface area contributed by atoms with Gasteiger partial charge in [-0.15, -0.1) is 0 Å². The van der Waals surface area contributed by atoms with Gasteiger partial charge in [-0.3, -0.25) is 14.9 Å². The van der Waals surface area contributed by atoms with E-state index in [0.717, 1.165) is 6.07 Å². The van der Waals surface area contributed by atoms with Gasteiger partial charge in [-0.1, -0.05) is 11.6 Å². The minimum absolute atomic E-state index is 0.0743. The van der Waals surface area contributed by atoms with Gasteiger partial charge in [0.05, 0.1) is 16.6 Å². The lowest BCUT2D eigenvalue weighted by Crippen LogP contribution is -2.37. The number of nitro benzene ring substituents is 1. The molecular weight excluding hydrogens is 276 g/mol. The second-order valence-corrected chi connectivity index (χ2v) is 3.95. The Labute approximate surface area is 114 Å². The van der Waals surface area contributed by atoms with E-state index in [9.17, 15) is 14.9 Å². The number of non-ortho nitro benzene ring substituents is 1. The molecule has 0 spiro atoms. The second kappa shape index (κ2) is 6.91. The fourth-order valence-electron chi connectivity index (χ4n) is 1.22. The minimum atomic E-state index is -0.939. The largest absolute Gasteiger partial charge is 0.490 e. The fraction of sp³-hybridized carbons (Fsp3) is 0.364. The van der Waals surface area contributed by atoms with Gasteiger partial charge in [0.1, 0.15) is 18.4 Å². The quantitative estimate of drug-likeness (QED) is 0.483. The van der Waals surface area contributed by atoms with Gasteiger partial charge in [0.2, 0.25) is 0 Å². The number of nitrogens with zero attached hydrogens (tertiary/aromatic N) is 1. The van der Waals surface area contributed by atoms with E-state index in [-0.39, 0.29) is 29.7 Å². The van der Waals surface area contributed by atoms with E-state index in [4.69, 9.17) is 26.8 Å². The first-order chi connectivity index (χ1) is 8.95. The van der Waals surface area contributed by atoms with Gasteiger partial charge in [-0.05, 0) is 13.0 Å². The Morgan fingerprint density at radius 1 is 1.58 bits per heavy atom. The molecule has 1 rings (SSSR count). The van der Waals surface area contributed by atoms with E-state index < -0.39 is 16.9 Å². The van der Waals surface area contributed by atoms with E-state index >= 15 is 0 Å². The van der Waals surface area contributed by atoms with Gasteiger partial charge >= 0.3 is 5.97 Å². The first-order valence-corrected chi connectivity index (χ1v) is 5.82. The van der Waals surface area contributed by atoms with Gasteiger partial charge in [0, 0.05) is 12.1 Å². The summed E-state index contributed by atoms with van der Waals surface area (Å²) in [7, 11) is 0. The maximum Gasteiger partial charge on any atom is 0.326 e. The number of benzene rings is 1. The molecule has 1 unspecified atom stereocenters. The minimum Gasteiger partial charge on any atom is -0.490 e. The Kier molecular flexibility index (Phi) is 5.53. The van der Waals surface area contributed by atoms with Crippen LogP contribution in [0.1, 0.15) is 6.92 Å². The number of hydrogen-bond acceptors (Lipinski definition) is 6. The third-order valence-electron chi connectivity index (χ3n) is 2.13. The first-order valence-electron chi connectivity index (χ1n) is 5.44. The Bertz CT molecular complexity index is 480. The molecule has 104 valence electrons. The predicted octanol–water partition coefficient (Wildman–Crippen LogP) is 1.52. The molecule has 0 fully saturated rings. The van der Waals surface area contributed by atoms with Crippen molar-refractivity contribution in [2.24, 2.45) is 5.73 Å². The van der Waals surface area contributed by atoms with Crippen molar-refractivity contribution in [1.82, 2.24) is 0 Å². The molecule has 0 bridgehead atoms. The van der Waals surface area contributed by atoms with E-state index in [1.54, 1.807) is 6.92 Å². The van der Waals surface area contributed by atoms with Crippen LogP contribution in [0.25, 0.3) is 0 Å². The number of ether oxygens (including phenoxy) is 2. The molecule has 0 heterocycles. The summed E-state index contributed by atoms with van der Waals surface area (Å²) in [5.41, 5.74) is 5.38. The van der Waals surface area contributed by atoms with Gasteiger partial charge in [-0.25, -0.2) is 0 Å². The van der Waals surface area contributed by atoms with Crippen LogP contribution in [0, 0.1) is 10.1 Å². The summed E-state index contributed by atoms with van der Waals surface area (Å²) < 4.78 is 9.93. The number of nitro groups is 1. The van der Waals surface area contributed by atoms with Gasteiger partial charge in [0.15, 0.2) is 0 Å². The van der Waals surface area contributed by atoms with Crippen molar-refractivity contribution in [3.05, 3.63) is 33.3 Å². The molecule has 0 amide bonds. The van der Waals surface area contributed by atoms with E-state index in [1.807, 2.05) is 0 Å². The standard InChI is InChI=1S/C11H13ClN2O5/c1-2-18-11(15)9(13)6-19-10-4-3-7(14(16)17)5-8(10)12/h3-5,9H,2,6,13H2,1H3. The highest BCUT2D eigenvalue weighted by molar-refractivity contribution is 6.32. The van der Waals surface area contributed by atoms with Crippen LogP contribution in [0.4, 0.5) is 5.69 Å². The van der Waals surface area contributed by atoms with Crippen LogP contribution >= 0.6 is 11.6 Å². The van der Waals surface area contributed by atoms with Crippen LogP contribution in [0.5, 0.6) is 5.75 Å². The number of nitrogens with two attached hydrogens (primary N) is 1. The molecule has 0 aliphatic heterocycles. The summed E-state index contributed by atoms with van der Waals surface area (Å²) in [5.74, 6) is -0.368. The van der Waals surface area contributed by atoms with Crippen molar-refractivity contribution in [2.45, 2.75) is 13.0 Å². The lowest BCUT2D eigenvalue weighted by Gasteiger charge is -2.12. The Hall–Kier alpha value is -1.86. The second-order valence-electron chi connectivity index (χ2n) is 3.54. The summed E-state index contributed by atoms with van der Waals surface area (Å²) in [6.07, 6.45) is 0. The van der Waals surface area contributed by atoms with E-state index in [0.29, 0.717) is 0 Å². The van der Waals surface area contributed by atoms with Crippen LogP contribution in [-0.2, 0) is 9.53 Å². The van der Waals surface area contributed by atoms with E-state index in [2.05, 4.69) is 0 Å². The molecule has 0 radical (unpaired) electrons. The Morgan fingerprint density at radius 2 is 2.26 bits per heavy atom. The Balaban J connectivity index is 2.63. The molecular formula is C11H13ClN2O5. The highest BCUT2D eigenvalue weighted by Gasteiger charge is 2.17. The molecule has 1 aromatic rings. The summed E-state index contributed by atoms with van der Waals surface area (Å²) in [5, 5.41) is 10.6. The van der Waals surface area contributed by atoms with Crippen molar-refractivity contribution < 1.29 is 19.2 Å². The highest BCUT2D eigenvalue weighted by atomic mass is 35.5. The summed E-state index contributed by atoms with van der Waals surface area (Å²) >= 11 is 5.81. The molecule has 0 aromatic heterocycles. The molecule has 19 heavy (non-hydrogen) atoms. The monoisotopic (exact) mass is 288 g/mol. The fourth-order valence-corrected chi connectivity index (χ4v) is 1.45. The molecule has 0 saturated heterocycles. The lowest BCUT2D eigenvalue weighted by molar-refractivity contribution is -0.384. The third-order valence-corrected chi connectivity index (χ3v) is 2.43. The van der Waals surface area contributed by atoms with E-state index in [1.165, 1.54) is 12.1 Å². The Morgan fingerprint density at radius 3 is 2.79 bits per heavy atom. The van der Waals surface area contributed by atoms with Crippen LogP contribution < -0.4 is 10.5 Å². The SMILES string of the molecule is CCOC(=O)C(N)COc1ccc([N+](=O)[O-])cc1Cl. The molecule has 2 N–H and O–H groups in total. The number of esters is 1. The highest BCUT2D eigenvalue weighted by Crippen LogP contribution is 2.28. The molecule has 0 aliphatic carbocycles. The van der Waals surface area contributed by atoms with Crippen molar-refractivity contribution in [1.29, 1.82) is 0 Å².